The number of hydrogen-bond donors (Lipinski definition) is 1. The van der Waals surface area contributed by atoms with E-state index in [0.717, 1.165) is 9.83 Å². The highest BCUT2D eigenvalue weighted by Crippen LogP contribution is 2.35. The minimum absolute atomic E-state index is 0.0590. The Balaban J connectivity index is 2.48. The van der Waals surface area contributed by atoms with E-state index in [0.29, 0.717) is 5.75 Å². The zero-order valence-electron chi connectivity index (χ0n) is 11.3. The highest BCUT2D eigenvalue weighted by Gasteiger charge is 2.16. The second-order valence-electron chi connectivity index (χ2n) is 4.34. The molecule has 0 atom stereocenters. The average molecular weight is 434 g/mol. The Morgan fingerprint density at radius 1 is 1.18 bits per heavy atom. The van der Waals surface area contributed by atoms with Crippen LogP contribution in [0.25, 0.3) is 0 Å². The number of sulfonamides is 1. The molecule has 0 aliphatic rings. The molecule has 2 rings (SSSR count). The van der Waals surface area contributed by atoms with E-state index in [2.05, 4.69) is 27.3 Å². The van der Waals surface area contributed by atoms with Crippen molar-refractivity contribution in [1.82, 2.24) is 0 Å². The summed E-state index contributed by atoms with van der Waals surface area (Å²) in [5.74, 6) is 0.531. The largest absolute Gasteiger partial charge is 0.454 e. The van der Waals surface area contributed by atoms with E-state index >= 15 is 0 Å². The number of nitro groups is 1. The van der Waals surface area contributed by atoms with Crippen molar-refractivity contribution >= 4 is 44.0 Å². The first kappa shape index (κ1) is 16.5. The van der Waals surface area contributed by atoms with Crippen molar-refractivity contribution < 1.29 is 18.1 Å². The van der Waals surface area contributed by atoms with E-state index < -0.39 is 14.9 Å². The fourth-order valence-corrected chi connectivity index (χ4v) is 2.70. The highest BCUT2D eigenvalue weighted by molar-refractivity contribution is 14.1. The molecule has 0 unspecified atom stereocenters. The predicted octanol–water partition coefficient (Wildman–Crippen LogP) is 3.36. The summed E-state index contributed by atoms with van der Waals surface area (Å²) < 4.78 is 31.5. The molecule has 0 amide bonds. The topological polar surface area (TPSA) is 98.5 Å². The van der Waals surface area contributed by atoms with Gasteiger partial charge >= 0.3 is 0 Å². The summed E-state index contributed by atoms with van der Waals surface area (Å²) in [4.78, 5) is 10.3. The van der Waals surface area contributed by atoms with Gasteiger partial charge in [0.1, 0.15) is 5.75 Å². The van der Waals surface area contributed by atoms with Crippen LogP contribution in [-0.2, 0) is 10.0 Å². The zero-order valence-corrected chi connectivity index (χ0v) is 14.3. The molecular weight excluding hydrogens is 423 g/mol. The third-order valence-electron chi connectivity index (χ3n) is 2.53. The zero-order chi connectivity index (χ0) is 16.3. The summed E-state index contributed by atoms with van der Waals surface area (Å²) in [6.07, 6.45) is 0.991. The number of nitrogens with zero attached hydrogens (tertiary/aromatic N) is 1. The number of ether oxygens (including phenoxy) is 1. The van der Waals surface area contributed by atoms with Gasteiger partial charge < -0.3 is 4.74 Å². The number of rotatable bonds is 5. The first-order valence-corrected chi connectivity index (χ1v) is 8.92. The third kappa shape index (κ3) is 4.31. The maximum atomic E-state index is 11.4. The number of benzene rings is 2. The molecule has 2 aromatic carbocycles. The Morgan fingerprint density at radius 3 is 2.45 bits per heavy atom. The van der Waals surface area contributed by atoms with E-state index in [9.17, 15) is 18.5 Å². The molecule has 0 heterocycles. The maximum absolute atomic E-state index is 11.4. The van der Waals surface area contributed by atoms with E-state index in [-0.39, 0.29) is 17.1 Å². The molecule has 0 bridgehead atoms. The van der Waals surface area contributed by atoms with Crippen molar-refractivity contribution in [2.45, 2.75) is 0 Å². The van der Waals surface area contributed by atoms with Crippen LogP contribution in [0.4, 0.5) is 11.4 Å². The standard InChI is InChI=1S/C13H11IN2O5S/c1-22(19,20)15-11-7-6-9(16(17)18)8-13(11)21-12-5-3-2-4-10(12)14/h2-8,15H,1H3. The van der Waals surface area contributed by atoms with Crippen molar-refractivity contribution in [2.75, 3.05) is 11.0 Å². The molecule has 0 aliphatic heterocycles. The lowest BCUT2D eigenvalue weighted by Gasteiger charge is -2.12. The monoisotopic (exact) mass is 434 g/mol. The quantitative estimate of drug-likeness (QED) is 0.442. The number of nitrogens with one attached hydrogen (secondary N) is 1. The second kappa shape index (κ2) is 6.48. The van der Waals surface area contributed by atoms with Crippen LogP contribution in [0.2, 0.25) is 0 Å². The summed E-state index contributed by atoms with van der Waals surface area (Å²) in [6.45, 7) is 0. The fourth-order valence-electron chi connectivity index (χ4n) is 1.64. The summed E-state index contributed by atoms with van der Waals surface area (Å²) >= 11 is 2.05. The molecule has 0 aliphatic carbocycles. The van der Waals surface area contributed by atoms with Crippen molar-refractivity contribution in [2.24, 2.45) is 0 Å². The molecule has 2 aromatic rings. The molecular formula is C13H11IN2O5S. The van der Waals surface area contributed by atoms with Crippen LogP contribution in [-0.4, -0.2) is 19.6 Å². The Bertz CT molecular complexity index is 823. The van der Waals surface area contributed by atoms with Crippen LogP contribution >= 0.6 is 22.6 Å². The Kier molecular flexibility index (Phi) is 4.86. The number of non-ortho nitro benzene ring substituents is 1. The van der Waals surface area contributed by atoms with Gasteiger partial charge in [0.15, 0.2) is 5.75 Å². The fraction of sp³-hybridized carbons (Fsp3) is 0.0769. The lowest BCUT2D eigenvalue weighted by atomic mass is 10.2. The van der Waals surface area contributed by atoms with Crippen LogP contribution in [0.3, 0.4) is 0 Å². The lowest BCUT2D eigenvalue weighted by molar-refractivity contribution is -0.384. The average Bonchev–Trinajstić information content (AvgIpc) is 2.41. The third-order valence-corrected chi connectivity index (χ3v) is 4.01. The van der Waals surface area contributed by atoms with Crippen LogP contribution in [0.1, 0.15) is 0 Å². The minimum atomic E-state index is -3.54. The molecule has 22 heavy (non-hydrogen) atoms. The molecule has 0 saturated carbocycles. The van der Waals surface area contributed by atoms with E-state index in [4.69, 9.17) is 4.74 Å². The molecule has 1 N–H and O–H groups in total. The minimum Gasteiger partial charge on any atom is -0.454 e. The van der Waals surface area contributed by atoms with Crippen molar-refractivity contribution in [3.63, 3.8) is 0 Å². The first-order chi connectivity index (χ1) is 10.3. The van der Waals surface area contributed by atoms with E-state index in [1.165, 1.54) is 18.2 Å². The smallest absolute Gasteiger partial charge is 0.273 e. The SMILES string of the molecule is CS(=O)(=O)Nc1ccc([N+](=O)[O-])cc1Oc1ccccc1I. The van der Waals surface area contributed by atoms with Gasteiger partial charge in [-0.15, -0.1) is 0 Å². The number of halogens is 1. The number of para-hydroxylation sites is 1. The Hall–Kier alpha value is -1.88. The highest BCUT2D eigenvalue weighted by atomic mass is 127. The summed E-state index contributed by atoms with van der Waals surface area (Å²) in [5, 5.41) is 10.9. The van der Waals surface area contributed by atoms with Gasteiger partial charge in [-0.05, 0) is 40.8 Å². The number of anilines is 1. The molecule has 116 valence electrons. The van der Waals surface area contributed by atoms with E-state index in [1.807, 2.05) is 6.07 Å². The van der Waals surface area contributed by atoms with Gasteiger partial charge in [0.05, 0.1) is 26.5 Å². The van der Waals surface area contributed by atoms with Gasteiger partial charge in [-0.2, -0.15) is 0 Å². The molecule has 9 heteroatoms. The van der Waals surface area contributed by atoms with Crippen LogP contribution in [0, 0.1) is 13.7 Å². The normalized spacial score (nSPS) is 11.0. The van der Waals surface area contributed by atoms with Crippen molar-refractivity contribution in [3.05, 3.63) is 56.1 Å². The lowest BCUT2D eigenvalue weighted by Crippen LogP contribution is -2.10. The van der Waals surface area contributed by atoms with Gasteiger partial charge in [-0.25, -0.2) is 8.42 Å². The molecule has 0 aromatic heterocycles. The van der Waals surface area contributed by atoms with Crippen molar-refractivity contribution in [1.29, 1.82) is 0 Å². The first-order valence-electron chi connectivity index (χ1n) is 5.95. The summed E-state index contributed by atoms with van der Waals surface area (Å²) in [6, 6.07) is 10.7. The molecule has 0 fully saturated rings. The van der Waals surface area contributed by atoms with Crippen molar-refractivity contribution in [3.8, 4) is 11.5 Å². The predicted molar refractivity (Wildman–Crippen MR) is 90.8 cm³/mol. The Morgan fingerprint density at radius 2 is 1.86 bits per heavy atom. The molecule has 0 radical (unpaired) electrons. The van der Waals surface area contributed by atoms with Crippen LogP contribution in [0.15, 0.2) is 42.5 Å². The number of nitro benzene ring substituents is 1. The van der Waals surface area contributed by atoms with E-state index in [1.54, 1.807) is 18.2 Å². The van der Waals surface area contributed by atoms with Gasteiger partial charge in [0, 0.05) is 6.07 Å². The second-order valence-corrected chi connectivity index (χ2v) is 7.25. The molecule has 0 spiro atoms. The van der Waals surface area contributed by atoms with Gasteiger partial charge in [0.2, 0.25) is 10.0 Å². The summed E-state index contributed by atoms with van der Waals surface area (Å²) in [5.41, 5.74) is -0.0623. The molecule has 7 nitrogen and oxygen atoms in total. The summed E-state index contributed by atoms with van der Waals surface area (Å²) in [7, 11) is -3.54. The van der Waals surface area contributed by atoms with Gasteiger partial charge in [-0.3, -0.25) is 14.8 Å². The molecule has 0 saturated heterocycles. The number of hydrogen-bond acceptors (Lipinski definition) is 5. The van der Waals surface area contributed by atoms with Gasteiger partial charge in [-0.1, -0.05) is 12.1 Å². The Labute approximate surface area is 140 Å². The van der Waals surface area contributed by atoms with Crippen LogP contribution in [0.5, 0.6) is 11.5 Å². The van der Waals surface area contributed by atoms with Gasteiger partial charge in [0.25, 0.3) is 5.69 Å². The maximum Gasteiger partial charge on any atom is 0.273 e. The van der Waals surface area contributed by atoms with Crippen LogP contribution < -0.4 is 9.46 Å².